The molecule has 1 heterocycles. The van der Waals surface area contributed by atoms with E-state index < -0.39 is 0 Å². The first-order chi connectivity index (χ1) is 9.74. The number of thiophene rings is 1. The van der Waals surface area contributed by atoms with E-state index in [0.29, 0.717) is 0 Å². The molecule has 20 heavy (non-hydrogen) atoms. The summed E-state index contributed by atoms with van der Waals surface area (Å²) in [6.45, 7) is 0. The van der Waals surface area contributed by atoms with Gasteiger partial charge in [-0.25, -0.2) is 0 Å². The molecule has 0 amide bonds. The lowest BCUT2D eigenvalue weighted by Gasteiger charge is -2.20. The van der Waals surface area contributed by atoms with Crippen LogP contribution in [0.2, 0.25) is 0 Å². The van der Waals surface area contributed by atoms with Crippen LogP contribution in [0.15, 0.2) is 29.6 Å². The molecule has 0 spiro atoms. The van der Waals surface area contributed by atoms with Gasteiger partial charge in [0, 0.05) is 5.56 Å². The standard InChI is InChI=1S/C15H19NO3S/c1-16-14(15-13(19-4)7-8-20-15)11-9-10(17-2)5-6-12(11)18-3/h5-9,14,16H,1-4H3. The molecule has 0 bridgehead atoms. The van der Waals surface area contributed by atoms with Crippen molar-refractivity contribution in [2.45, 2.75) is 6.04 Å². The van der Waals surface area contributed by atoms with Crippen LogP contribution in [0.4, 0.5) is 0 Å². The molecule has 108 valence electrons. The SMILES string of the molecule is CNC(c1cc(OC)ccc1OC)c1sccc1OC. The fraction of sp³-hybridized carbons (Fsp3) is 0.333. The van der Waals surface area contributed by atoms with Gasteiger partial charge in [0.1, 0.15) is 17.2 Å². The van der Waals surface area contributed by atoms with Crippen LogP contribution in [0, 0.1) is 0 Å². The van der Waals surface area contributed by atoms with Crippen molar-refractivity contribution >= 4 is 11.3 Å². The summed E-state index contributed by atoms with van der Waals surface area (Å²) in [5, 5.41) is 5.34. The molecule has 5 heteroatoms. The quantitative estimate of drug-likeness (QED) is 0.888. The van der Waals surface area contributed by atoms with Crippen LogP contribution in [0.1, 0.15) is 16.5 Å². The Morgan fingerprint density at radius 1 is 1.00 bits per heavy atom. The molecule has 1 N–H and O–H groups in total. The number of ether oxygens (including phenoxy) is 3. The third-order valence-corrected chi connectivity index (χ3v) is 4.14. The highest BCUT2D eigenvalue weighted by Gasteiger charge is 2.22. The highest BCUT2D eigenvalue weighted by molar-refractivity contribution is 7.10. The van der Waals surface area contributed by atoms with Gasteiger partial charge >= 0.3 is 0 Å². The highest BCUT2D eigenvalue weighted by atomic mass is 32.1. The summed E-state index contributed by atoms with van der Waals surface area (Å²) in [5.74, 6) is 2.50. The third-order valence-electron chi connectivity index (χ3n) is 3.18. The maximum Gasteiger partial charge on any atom is 0.134 e. The van der Waals surface area contributed by atoms with E-state index in [9.17, 15) is 0 Å². The molecule has 0 radical (unpaired) electrons. The van der Waals surface area contributed by atoms with Crippen LogP contribution < -0.4 is 19.5 Å². The van der Waals surface area contributed by atoms with Crippen LogP contribution in [-0.4, -0.2) is 28.4 Å². The lowest BCUT2D eigenvalue weighted by Crippen LogP contribution is -2.18. The summed E-state index contributed by atoms with van der Waals surface area (Å²) < 4.78 is 16.2. The van der Waals surface area contributed by atoms with Crippen molar-refractivity contribution in [1.29, 1.82) is 0 Å². The van der Waals surface area contributed by atoms with Gasteiger partial charge in [-0.3, -0.25) is 0 Å². The molecule has 1 atom stereocenters. The van der Waals surface area contributed by atoms with Gasteiger partial charge in [0.05, 0.1) is 32.2 Å². The predicted molar refractivity (Wildman–Crippen MR) is 81.3 cm³/mol. The van der Waals surface area contributed by atoms with Gasteiger partial charge in [0.15, 0.2) is 0 Å². The molecule has 0 aliphatic heterocycles. The minimum absolute atomic E-state index is 0.00463. The van der Waals surface area contributed by atoms with E-state index in [1.165, 1.54) is 0 Å². The van der Waals surface area contributed by atoms with Gasteiger partial charge in [-0.05, 0) is 36.7 Å². The van der Waals surface area contributed by atoms with E-state index in [-0.39, 0.29) is 6.04 Å². The first-order valence-electron chi connectivity index (χ1n) is 6.25. The van der Waals surface area contributed by atoms with Crippen molar-refractivity contribution in [3.63, 3.8) is 0 Å². The highest BCUT2D eigenvalue weighted by Crippen LogP contribution is 2.39. The summed E-state index contributed by atoms with van der Waals surface area (Å²) in [6.07, 6.45) is 0. The van der Waals surface area contributed by atoms with E-state index >= 15 is 0 Å². The van der Waals surface area contributed by atoms with Gasteiger partial charge in [-0.1, -0.05) is 0 Å². The van der Waals surface area contributed by atoms with Crippen molar-refractivity contribution in [3.8, 4) is 17.2 Å². The Bertz CT molecular complexity index is 568. The smallest absolute Gasteiger partial charge is 0.134 e. The number of rotatable bonds is 6. The Kier molecular flexibility index (Phi) is 4.87. The zero-order valence-corrected chi connectivity index (χ0v) is 12.9. The summed E-state index contributed by atoms with van der Waals surface area (Å²) >= 11 is 1.65. The van der Waals surface area contributed by atoms with Crippen molar-refractivity contribution in [1.82, 2.24) is 5.32 Å². The molecule has 0 fully saturated rings. The Morgan fingerprint density at radius 3 is 2.35 bits per heavy atom. The second-order valence-electron chi connectivity index (χ2n) is 4.18. The topological polar surface area (TPSA) is 39.7 Å². The number of hydrogen-bond donors (Lipinski definition) is 1. The maximum absolute atomic E-state index is 5.47. The van der Waals surface area contributed by atoms with Crippen LogP contribution in [0.3, 0.4) is 0 Å². The Morgan fingerprint density at radius 2 is 1.75 bits per heavy atom. The minimum Gasteiger partial charge on any atom is -0.497 e. The molecule has 1 unspecified atom stereocenters. The molecule has 2 rings (SSSR count). The molecular formula is C15H19NO3S. The lowest BCUT2D eigenvalue weighted by atomic mass is 10.0. The summed E-state index contributed by atoms with van der Waals surface area (Å²) in [7, 11) is 6.93. The largest absolute Gasteiger partial charge is 0.497 e. The summed E-state index contributed by atoms with van der Waals surface area (Å²) in [6, 6.07) is 7.75. The number of benzene rings is 1. The van der Waals surface area contributed by atoms with E-state index in [0.717, 1.165) is 27.7 Å². The Labute approximate surface area is 123 Å². The average Bonchev–Trinajstić information content (AvgIpc) is 2.96. The molecule has 1 aromatic heterocycles. The number of hydrogen-bond acceptors (Lipinski definition) is 5. The van der Waals surface area contributed by atoms with Crippen molar-refractivity contribution in [3.05, 3.63) is 40.1 Å². The fourth-order valence-corrected chi connectivity index (χ4v) is 3.17. The maximum atomic E-state index is 5.47. The third kappa shape index (κ3) is 2.73. The monoisotopic (exact) mass is 293 g/mol. The van der Waals surface area contributed by atoms with Gasteiger partial charge in [-0.15, -0.1) is 11.3 Å². The van der Waals surface area contributed by atoms with Gasteiger partial charge < -0.3 is 19.5 Å². The van der Waals surface area contributed by atoms with Crippen LogP contribution >= 0.6 is 11.3 Å². The first kappa shape index (κ1) is 14.7. The molecular weight excluding hydrogens is 274 g/mol. The minimum atomic E-state index is -0.00463. The average molecular weight is 293 g/mol. The second kappa shape index (κ2) is 6.63. The van der Waals surface area contributed by atoms with Crippen LogP contribution in [-0.2, 0) is 0 Å². The van der Waals surface area contributed by atoms with Crippen LogP contribution in [0.5, 0.6) is 17.2 Å². The fourth-order valence-electron chi connectivity index (χ4n) is 2.18. The van der Waals surface area contributed by atoms with Gasteiger partial charge in [0.25, 0.3) is 0 Å². The second-order valence-corrected chi connectivity index (χ2v) is 5.13. The van der Waals surface area contributed by atoms with Crippen molar-refractivity contribution < 1.29 is 14.2 Å². The zero-order chi connectivity index (χ0) is 14.5. The Hall–Kier alpha value is -1.72. The molecule has 0 saturated heterocycles. The molecule has 4 nitrogen and oxygen atoms in total. The predicted octanol–water partition coefficient (Wildman–Crippen LogP) is 3.08. The van der Waals surface area contributed by atoms with Gasteiger partial charge in [0.2, 0.25) is 0 Å². The van der Waals surface area contributed by atoms with E-state index in [1.54, 1.807) is 32.7 Å². The van der Waals surface area contributed by atoms with E-state index in [4.69, 9.17) is 14.2 Å². The number of methoxy groups -OCH3 is 3. The molecule has 0 aliphatic rings. The molecule has 0 aliphatic carbocycles. The first-order valence-corrected chi connectivity index (χ1v) is 7.13. The lowest BCUT2D eigenvalue weighted by molar-refractivity contribution is 0.391. The van der Waals surface area contributed by atoms with E-state index in [1.807, 2.05) is 36.7 Å². The summed E-state index contributed by atoms with van der Waals surface area (Å²) in [5.41, 5.74) is 1.02. The van der Waals surface area contributed by atoms with E-state index in [2.05, 4.69) is 5.32 Å². The molecule has 0 saturated carbocycles. The van der Waals surface area contributed by atoms with Crippen LogP contribution in [0.25, 0.3) is 0 Å². The van der Waals surface area contributed by atoms with Crippen molar-refractivity contribution in [2.24, 2.45) is 0 Å². The zero-order valence-electron chi connectivity index (χ0n) is 12.1. The normalized spacial score (nSPS) is 12.0. The number of nitrogens with one attached hydrogen (secondary N) is 1. The van der Waals surface area contributed by atoms with Gasteiger partial charge in [-0.2, -0.15) is 0 Å². The molecule has 1 aromatic carbocycles. The summed E-state index contributed by atoms with van der Waals surface area (Å²) in [4.78, 5) is 1.11. The Balaban J connectivity index is 2.50. The van der Waals surface area contributed by atoms with Crippen molar-refractivity contribution in [2.75, 3.05) is 28.4 Å². The molecule has 2 aromatic rings.